The summed E-state index contributed by atoms with van der Waals surface area (Å²) in [6.45, 7) is 6.79. The summed E-state index contributed by atoms with van der Waals surface area (Å²) in [5, 5.41) is 14.1. The maximum atomic E-state index is 6.52. The number of aromatic nitrogens is 1. The maximum Gasteiger partial charge on any atom is 0.198 e. The summed E-state index contributed by atoms with van der Waals surface area (Å²) in [7, 11) is 0.833. The molecule has 0 unspecified atom stereocenters. The van der Waals surface area contributed by atoms with Gasteiger partial charge in [-0.2, -0.15) is 0 Å². The molecule has 0 fully saturated rings. The van der Waals surface area contributed by atoms with Gasteiger partial charge in [-0.05, 0) is 82.0 Å². The largest absolute Gasteiger partial charge is 0.456 e. The van der Waals surface area contributed by atoms with Gasteiger partial charge >= 0.3 is 0 Å². The Hall–Kier alpha value is -6.34. The van der Waals surface area contributed by atoms with Gasteiger partial charge in [-0.15, -0.1) is 22.7 Å². The molecule has 274 valence electrons. The van der Waals surface area contributed by atoms with Crippen molar-refractivity contribution in [1.82, 2.24) is 4.57 Å². The fourth-order valence-corrected chi connectivity index (χ4v) is 12.0. The van der Waals surface area contributed by atoms with Crippen LogP contribution in [-0.4, -0.2) is 11.8 Å². The van der Waals surface area contributed by atoms with Crippen molar-refractivity contribution in [3.63, 3.8) is 0 Å². The Balaban J connectivity index is 1.12. The molecule has 0 atom stereocenters. The van der Waals surface area contributed by atoms with Crippen LogP contribution in [0.25, 0.3) is 101 Å². The molecule has 4 aromatic heterocycles. The molecule has 0 radical (unpaired) electrons. The van der Waals surface area contributed by atoms with Gasteiger partial charge in [-0.25, -0.2) is 0 Å². The summed E-state index contributed by atoms with van der Waals surface area (Å²) in [5.74, 6) is 0. The van der Waals surface area contributed by atoms with Crippen molar-refractivity contribution in [1.29, 1.82) is 0 Å². The van der Waals surface area contributed by atoms with E-state index in [1.165, 1.54) is 95.5 Å². The van der Waals surface area contributed by atoms with E-state index in [-0.39, 0.29) is 5.41 Å². The van der Waals surface area contributed by atoms with E-state index in [1.54, 1.807) is 0 Å². The van der Waals surface area contributed by atoms with E-state index in [2.05, 4.69) is 176 Å². The quantitative estimate of drug-likeness (QED) is 0.181. The molecule has 0 saturated heterocycles. The van der Waals surface area contributed by atoms with Gasteiger partial charge in [-0.3, -0.25) is 0 Å². The predicted molar refractivity (Wildman–Crippen MR) is 254 cm³/mol. The molecule has 13 rings (SSSR count). The van der Waals surface area contributed by atoms with Gasteiger partial charge in [0.2, 0.25) is 0 Å². The molecular formula is C52H35BN2OS2. The van der Waals surface area contributed by atoms with Crippen LogP contribution in [-0.2, 0) is 5.41 Å². The van der Waals surface area contributed by atoms with Crippen molar-refractivity contribution in [2.24, 2.45) is 0 Å². The minimum atomic E-state index is 0.0762. The van der Waals surface area contributed by atoms with Crippen LogP contribution in [0.5, 0.6) is 0 Å². The number of rotatable bonds is 3. The monoisotopic (exact) mass is 778 g/mol. The highest BCUT2D eigenvalue weighted by molar-refractivity contribution is 7.26. The molecule has 0 aliphatic carbocycles. The number of fused-ring (bicyclic) bond motifs is 14. The number of para-hydroxylation sites is 1. The third-order valence-electron chi connectivity index (χ3n) is 12.6. The van der Waals surface area contributed by atoms with Gasteiger partial charge in [0.05, 0.1) is 11.2 Å². The van der Waals surface area contributed by atoms with E-state index in [1.807, 2.05) is 22.7 Å². The molecule has 1 aliphatic heterocycles. The maximum absolute atomic E-state index is 6.52. The van der Waals surface area contributed by atoms with E-state index in [0.29, 0.717) is 0 Å². The lowest BCUT2D eigenvalue weighted by Crippen LogP contribution is -2.37. The summed E-state index contributed by atoms with van der Waals surface area (Å²) in [6, 6.07) is 54.3. The number of thiophene rings is 2. The second-order valence-electron chi connectivity index (χ2n) is 17.0. The van der Waals surface area contributed by atoms with Crippen LogP contribution in [0, 0.1) is 0 Å². The normalized spacial score (nSPS) is 12.9. The Morgan fingerprint density at radius 3 is 1.98 bits per heavy atom. The van der Waals surface area contributed by atoms with E-state index in [9.17, 15) is 0 Å². The summed E-state index contributed by atoms with van der Waals surface area (Å²) >= 11 is 3.79. The van der Waals surface area contributed by atoms with Crippen LogP contribution < -0.4 is 16.2 Å². The minimum absolute atomic E-state index is 0.0762. The summed E-state index contributed by atoms with van der Waals surface area (Å²) in [4.78, 5) is 0. The summed E-state index contributed by atoms with van der Waals surface area (Å²) in [5.41, 5.74) is 14.2. The molecule has 0 amide bonds. The fraction of sp³-hybridized carbons (Fsp3) is 0.0769. The Labute approximate surface area is 343 Å². The molecule has 12 aromatic rings. The molecule has 0 saturated carbocycles. The number of benzene rings is 8. The molecule has 5 heterocycles. The van der Waals surface area contributed by atoms with Crippen molar-refractivity contribution >= 4 is 136 Å². The van der Waals surface area contributed by atoms with Crippen molar-refractivity contribution in [3.8, 4) is 16.8 Å². The highest BCUT2D eigenvalue weighted by Gasteiger charge is 2.29. The van der Waals surface area contributed by atoms with E-state index in [0.717, 1.165) is 40.6 Å². The second kappa shape index (κ2) is 11.6. The van der Waals surface area contributed by atoms with Crippen LogP contribution in [0.2, 0.25) is 0 Å². The van der Waals surface area contributed by atoms with Crippen LogP contribution in [0.3, 0.4) is 0 Å². The zero-order valence-electron chi connectivity index (χ0n) is 32.2. The van der Waals surface area contributed by atoms with Crippen molar-refractivity contribution in [3.05, 3.63) is 151 Å². The van der Waals surface area contributed by atoms with Gasteiger partial charge < -0.3 is 14.3 Å². The smallest absolute Gasteiger partial charge is 0.198 e. The van der Waals surface area contributed by atoms with Crippen molar-refractivity contribution in [2.75, 3.05) is 5.32 Å². The van der Waals surface area contributed by atoms with Gasteiger partial charge in [0, 0.05) is 85.0 Å². The van der Waals surface area contributed by atoms with Gasteiger partial charge in [0.25, 0.3) is 0 Å². The number of nitrogens with one attached hydrogen (secondary N) is 1. The summed E-state index contributed by atoms with van der Waals surface area (Å²) < 4.78 is 14.4. The lowest BCUT2D eigenvalue weighted by Gasteiger charge is -2.24. The number of hydrogen-bond acceptors (Lipinski definition) is 4. The van der Waals surface area contributed by atoms with Gasteiger partial charge in [-0.1, -0.05) is 111 Å². The molecule has 0 spiro atoms. The Morgan fingerprint density at radius 2 is 1.22 bits per heavy atom. The minimum Gasteiger partial charge on any atom is -0.456 e. The average molecular weight is 779 g/mol. The number of furan rings is 1. The first-order valence-corrected chi connectivity index (χ1v) is 21.7. The Morgan fingerprint density at radius 1 is 0.534 bits per heavy atom. The zero-order valence-corrected chi connectivity index (χ0v) is 33.9. The number of hydrogen-bond donors (Lipinski definition) is 1. The molecule has 1 N–H and O–H groups in total. The average Bonchev–Trinajstić information content (AvgIpc) is 3.98. The SMILES string of the molecule is CC(C)(C)c1ccc(Nc2cc3oc4ccccc4c3cc2-c2ccc3c4cc5sc6ccccc6c5cc4n4c3c2Bc2cc3c(cc2-4)sc2ccccc23)cc1. The lowest BCUT2D eigenvalue weighted by atomic mass is 9.59. The number of anilines is 2. The third kappa shape index (κ3) is 4.61. The zero-order chi connectivity index (χ0) is 38.4. The first kappa shape index (κ1) is 32.7. The van der Waals surface area contributed by atoms with E-state index < -0.39 is 0 Å². The van der Waals surface area contributed by atoms with E-state index in [4.69, 9.17) is 4.42 Å². The van der Waals surface area contributed by atoms with Crippen LogP contribution in [0.15, 0.2) is 150 Å². The first-order chi connectivity index (χ1) is 28.3. The third-order valence-corrected chi connectivity index (χ3v) is 14.8. The molecule has 3 nitrogen and oxygen atoms in total. The first-order valence-electron chi connectivity index (χ1n) is 20.0. The molecule has 58 heavy (non-hydrogen) atoms. The fourth-order valence-electron chi connectivity index (χ4n) is 9.72. The Kier molecular flexibility index (Phi) is 6.56. The molecule has 8 aromatic carbocycles. The van der Waals surface area contributed by atoms with Gasteiger partial charge in [0.15, 0.2) is 7.28 Å². The predicted octanol–water partition coefficient (Wildman–Crippen LogP) is 13.8. The highest BCUT2D eigenvalue weighted by atomic mass is 32.1. The number of nitrogens with zero attached hydrogens (tertiary/aromatic N) is 1. The van der Waals surface area contributed by atoms with Crippen molar-refractivity contribution in [2.45, 2.75) is 26.2 Å². The van der Waals surface area contributed by atoms with Crippen molar-refractivity contribution < 1.29 is 4.42 Å². The molecule has 6 heteroatoms. The van der Waals surface area contributed by atoms with Crippen LogP contribution in [0.1, 0.15) is 26.3 Å². The van der Waals surface area contributed by atoms with Gasteiger partial charge in [0.1, 0.15) is 11.2 Å². The topological polar surface area (TPSA) is 30.1 Å². The Bertz CT molecular complexity index is 3720. The molecule has 0 bridgehead atoms. The standard InChI is InChI=1S/C52H35BN2OS2/c1-52(2,3)28-16-18-29(19-17-28)54-41-26-45-37(30-10-4-7-13-44(30)56-45)22-35(41)33-20-21-34-36-25-48-39(32-12-6-9-15-47(32)57-48)24-42(36)55-43-27-49-38(23-40(43)53-50(33)51(34)55)31-11-5-8-14-46(31)58-49/h4-27,53-54H,1-3H3. The lowest BCUT2D eigenvalue weighted by molar-refractivity contribution is 0.590. The second-order valence-corrected chi connectivity index (χ2v) is 19.2. The highest BCUT2D eigenvalue weighted by Crippen LogP contribution is 2.45. The van der Waals surface area contributed by atoms with E-state index >= 15 is 0 Å². The molecule has 1 aliphatic rings. The summed E-state index contributed by atoms with van der Waals surface area (Å²) in [6.07, 6.45) is 0. The molecular weight excluding hydrogens is 744 g/mol. The van der Waals surface area contributed by atoms with Crippen LogP contribution in [0.4, 0.5) is 11.4 Å². The van der Waals surface area contributed by atoms with Crippen LogP contribution >= 0.6 is 22.7 Å².